The Morgan fingerprint density at radius 3 is 2.79 bits per heavy atom. The van der Waals surface area contributed by atoms with Crippen molar-refractivity contribution in [2.75, 3.05) is 10.6 Å². The Bertz CT molecular complexity index is 1200. The zero-order valence-corrected chi connectivity index (χ0v) is 15.8. The number of hydrogen-bond donors (Lipinski definition) is 4. The molecule has 0 unspecified atom stereocenters. The van der Waals surface area contributed by atoms with Gasteiger partial charge in [0, 0.05) is 17.6 Å². The minimum atomic E-state index is -1.09. The first-order chi connectivity index (χ1) is 13.8. The van der Waals surface area contributed by atoms with Gasteiger partial charge in [-0.25, -0.2) is 14.2 Å². The predicted molar refractivity (Wildman–Crippen MR) is 108 cm³/mol. The number of anilines is 3. The van der Waals surface area contributed by atoms with Crippen LogP contribution in [0.1, 0.15) is 27.3 Å². The highest BCUT2D eigenvalue weighted by Crippen LogP contribution is 2.38. The van der Waals surface area contributed by atoms with Crippen molar-refractivity contribution in [1.82, 2.24) is 9.97 Å². The molecular formula is C20H14ClFN4O3. The summed E-state index contributed by atoms with van der Waals surface area (Å²) in [6.07, 6.45) is 3.10. The molecule has 1 aliphatic rings. The van der Waals surface area contributed by atoms with Crippen LogP contribution in [0, 0.1) is 12.7 Å². The number of benzene rings is 1. The van der Waals surface area contributed by atoms with Gasteiger partial charge in [0.05, 0.1) is 21.8 Å². The van der Waals surface area contributed by atoms with Crippen molar-refractivity contribution in [2.45, 2.75) is 6.92 Å². The number of hydrogen-bond acceptors (Lipinski definition) is 4. The van der Waals surface area contributed by atoms with Gasteiger partial charge in [-0.2, -0.15) is 0 Å². The van der Waals surface area contributed by atoms with Gasteiger partial charge in [-0.3, -0.25) is 4.79 Å². The topological polar surface area (TPSA) is 107 Å². The highest BCUT2D eigenvalue weighted by Gasteiger charge is 2.29. The minimum Gasteiger partial charge on any atom is -0.477 e. The number of aromatic nitrogens is 2. The number of amides is 1. The number of aryl methyl sites for hydroxylation is 1. The number of rotatable bonds is 4. The van der Waals surface area contributed by atoms with E-state index in [4.69, 9.17) is 16.7 Å². The molecule has 7 nitrogen and oxygen atoms in total. The number of carbonyl (C=O) groups excluding carboxylic acids is 1. The predicted octanol–water partition coefficient (Wildman–Crippen LogP) is 4.45. The van der Waals surface area contributed by atoms with E-state index in [-0.39, 0.29) is 16.6 Å². The molecule has 9 heteroatoms. The Kier molecular flexibility index (Phi) is 4.56. The van der Waals surface area contributed by atoms with Crippen molar-refractivity contribution in [3.63, 3.8) is 0 Å². The molecule has 0 bridgehead atoms. The van der Waals surface area contributed by atoms with E-state index >= 15 is 0 Å². The molecule has 2 aromatic heterocycles. The number of nitrogens with zero attached hydrogens (tertiary/aromatic N) is 1. The number of carboxylic acids is 1. The summed E-state index contributed by atoms with van der Waals surface area (Å²) >= 11 is 5.84. The second-order valence-electron chi connectivity index (χ2n) is 6.43. The van der Waals surface area contributed by atoms with Gasteiger partial charge in [-0.05, 0) is 48.9 Å². The Labute approximate surface area is 169 Å². The second-order valence-corrected chi connectivity index (χ2v) is 6.84. The molecule has 146 valence electrons. The minimum absolute atomic E-state index is 0.0264. The first-order valence-corrected chi connectivity index (χ1v) is 8.88. The summed E-state index contributed by atoms with van der Waals surface area (Å²) in [7, 11) is 0. The molecule has 1 aromatic carbocycles. The van der Waals surface area contributed by atoms with Crippen LogP contribution in [0.2, 0.25) is 5.02 Å². The van der Waals surface area contributed by atoms with E-state index in [1.54, 1.807) is 19.1 Å². The lowest BCUT2D eigenvalue weighted by Gasteiger charge is -2.11. The summed E-state index contributed by atoms with van der Waals surface area (Å²) in [6, 6.07) is 7.36. The fraction of sp³-hybridized carbons (Fsp3) is 0.0500. The van der Waals surface area contributed by atoms with E-state index in [2.05, 4.69) is 20.6 Å². The quantitative estimate of drug-likeness (QED) is 0.474. The number of aromatic amines is 1. The summed E-state index contributed by atoms with van der Waals surface area (Å²) in [4.78, 5) is 30.7. The van der Waals surface area contributed by atoms with Crippen molar-refractivity contribution in [3.8, 4) is 0 Å². The third-order valence-electron chi connectivity index (χ3n) is 4.47. The molecule has 0 saturated heterocycles. The number of carboxylic acid groups (broad SMARTS) is 1. The van der Waals surface area contributed by atoms with Crippen LogP contribution in [0.4, 0.5) is 21.6 Å². The van der Waals surface area contributed by atoms with E-state index in [1.807, 2.05) is 0 Å². The average Bonchev–Trinajstić information content (AvgIpc) is 3.19. The Morgan fingerprint density at radius 2 is 2.10 bits per heavy atom. The standard InChI is InChI=1S/C20H14ClFN4O3/c1-9-6-16(20(28)29)25-15(9)8-11-17-14(4-5-23-18(17)26-19(11)27)24-10-2-3-13(22)12(21)7-10/h2-8,25H,1H3,(H,28,29)(H2,23,24,26,27). The monoisotopic (exact) mass is 412 g/mol. The first kappa shape index (κ1) is 18.7. The molecule has 29 heavy (non-hydrogen) atoms. The van der Waals surface area contributed by atoms with E-state index in [1.165, 1.54) is 30.5 Å². The molecule has 0 radical (unpaired) electrons. The van der Waals surface area contributed by atoms with Crippen molar-refractivity contribution in [3.05, 3.63) is 69.9 Å². The summed E-state index contributed by atoms with van der Waals surface area (Å²) in [5.41, 5.74) is 3.13. The molecule has 3 heterocycles. The highest BCUT2D eigenvalue weighted by molar-refractivity contribution is 6.36. The normalized spacial score (nSPS) is 14.0. The molecule has 0 spiro atoms. The molecule has 0 fully saturated rings. The Balaban J connectivity index is 1.78. The van der Waals surface area contributed by atoms with Gasteiger partial charge in [0.2, 0.25) is 0 Å². The van der Waals surface area contributed by atoms with Gasteiger partial charge in [-0.15, -0.1) is 0 Å². The number of H-pyrrole nitrogens is 1. The van der Waals surface area contributed by atoms with Gasteiger partial charge in [-0.1, -0.05) is 11.6 Å². The molecule has 1 aliphatic heterocycles. The summed E-state index contributed by atoms with van der Waals surface area (Å²) in [6.45, 7) is 1.74. The lowest BCUT2D eigenvalue weighted by molar-refractivity contribution is -0.110. The number of halogens is 2. The van der Waals surface area contributed by atoms with Gasteiger partial charge < -0.3 is 20.7 Å². The van der Waals surface area contributed by atoms with Crippen molar-refractivity contribution in [1.29, 1.82) is 0 Å². The van der Waals surface area contributed by atoms with Crippen LogP contribution in [0.5, 0.6) is 0 Å². The Hall–Kier alpha value is -3.65. The van der Waals surface area contributed by atoms with Gasteiger partial charge in [0.25, 0.3) is 5.91 Å². The first-order valence-electron chi connectivity index (χ1n) is 8.51. The fourth-order valence-electron chi connectivity index (χ4n) is 3.07. The number of nitrogens with one attached hydrogen (secondary N) is 3. The number of fused-ring (bicyclic) bond motifs is 1. The van der Waals surface area contributed by atoms with Gasteiger partial charge >= 0.3 is 5.97 Å². The van der Waals surface area contributed by atoms with Crippen LogP contribution < -0.4 is 10.6 Å². The van der Waals surface area contributed by atoms with E-state index < -0.39 is 11.8 Å². The van der Waals surface area contributed by atoms with Crippen LogP contribution in [0.25, 0.3) is 11.6 Å². The molecular weight excluding hydrogens is 399 g/mol. The van der Waals surface area contributed by atoms with Crippen molar-refractivity contribution in [2.24, 2.45) is 0 Å². The fourth-order valence-corrected chi connectivity index (χ4v) is 3.25. The van der Waals surface area contributed by atoms with Crippen molar-refractivity contribution < 1.29 is 19.1 Å². The summed E-state index contributed by atoms with van der Waals surface area (Å²) < 4.78 is 13.4. The lowest BCUT2D eigenvalue weighted by Crippen LogP contribution is -2.04. The molecule has 4 rings (SSSR count). The molecule has 0 atom stereocenters. The third kappa shape index (κ3) is 3.45. The average molecular weight is 413 g/mol. The number of pyridine rings is 1. The molecule has 3 aromatic rings. The number of carbonyl (C=O) groups is 2. The SMILES string of the molecule is Cc1cc(C(=O)O)[nH]c1C=C1C(=O)Nc2nccc(Nc3ccc(F)c(Cl)c3)c21. The highest BCUT2D eigenvalue weighted by atomic mass is 35.5. The van der Waals surface area contributed by atoms with Crippen LogP contribution in [-0.4, -0.2) is 27.0 Å². The van der Waals surface area contributed by atoms with E-state index in [0.29, 0.717) is 39.6 Å². The molecule has 0 saturated carbocycles. The van der Waals surface area contributed by atoms with Gasteiger partial charge in [0.1, 0.15) is 17.3 Å². The van der Waals surface area contributed by atoms with E-state index in [0.717, 1.165) is 0 Å². The van der Waals surface area contributed by atoms with Gasteiger partial charge in [0.15, 0.2) is 0 Å². The lowest BCUT2D eigenvalue weighted by atomic mass is 10.0. The van der Waals surface area contributed by atoms with E-state index in [9.17, 15) is 14.0 Å². The zero-order chi connectivity index (χ0) is 20.7. The third-order valence-corrected chi connectivity index (χ3v) is 4.76. The van der Waals surface area contributed by atoms with Crippen LogP contribution in [-0.2, 0) is 4.79 Å². The largest absolute Gasteiger partial charge is 0.477 e. The molecule has 4 N–H and O–H groups in total. The maximum Gasteiger partial charge on any atom is 0.352 e. The van der Waals surface area contributed by atoms with Crippen LogP contribution in [0.15, 0.2) is 36.5 Å². The molecule has 0 aliphatic carbocycles. The smallest absolute Gasteiger partial charge is 0.352 e. The summed E-state index contributed by atoms with van der Waals surface area (Å²) in [5, 5.41) is 14.9. The van der Waals surface area contributed by atoms with Crippen molar-refractivity contribution >= 4 is 52.3 Å². The zero-order valence-electron chi connectivity index (χ0n) is 15.0. The van der Waals surface area contributed by atoms with Crippen LogP contribution in [0.3, 0.4) is 0 Å². The maximum absolute atomic E-state index is 13.4. The molecule has 1 amide bonds. The Morgan fingerprint density at radius 1 is 1.31 bits per heavy atom. The number of aromatic carboxylic acids is 1. The summed E-state index contributed by atoms with van der Waals surface area (Å²) in [5.74, 6) is -1.64. The maximum atomic E-state index is 13.4. The second kappa shape index (κ2) is 7.06. The van der Waals surface area contributed by atoms with Crippen LogP contribution >= 0.6 is 11.6 Å².